The molecule has 1 saturated carbocycles. The third-order valence-corrected chi connectivity index (χ3v) is 8.00. The highest BCUT2D eigenvalue weighted by Gasteiger charge is 2.49. The van der Waals surface area contributed by atoms with Gasteiger partial charge < -0.3 is 4.90 Å². The van der Waals surface area contributed by atoms with Crippen molar-refractivity contribution in [1.29, 1.82) is 0 Å². The van der Waals surface area contributed by atoms with E-state index in [-0.39, 0.29) is 0 Å². The largest absolute Gasteiger partial charge is 0.370 e. The van der Waals surface area contributed by atoms with Gasteiger partial charge in [-0.15, -0.1) is 0 Å². The lowest BCUT2D eigenvalue weighted by molar-refractivity contribution is 0.0284. The summed E-state index contributed by atoms with van der Waals surface area (Å²) in [7, 11) is 2.23. The number of benzene rings is 2. The van der Waals surface area contributed by atoms with E-state index in [4.69, 9.17) is 0 Å². The third kappa shape index (κ3) is 3.16. The molecule has 5 rings (SSSR count). The number of fused-ring (bicyclic) bond motifs is 4. The van der Waals surface area contributed by atoms with Gasteiger partial charge in [0.2, 0.25) is 0 Å². The number of anilines is 1. The summed E-state index contributed by atoms with van der Waals surface area (Å²) in [6.45, 7) is 8.65. The Labute approximate surface area is 170 Å². The second-order valence-electron chi connectivity index (χ2n) is 9.85. The van der Waals surface area contributed by atoms with Crippen molar-refractivity contribution in [2.45, 2.75) is 57.5 Å². The van der Waals surface area contributed by atoms with Gasteiger partial charge in [-0.1, -0.05) is 50.2 Å². The zero-order valence-electron chi connectivity index (χ0n) is 17.7. The quantitative estimate of drug-likeness (QED) is 0.704. The number of likely N-dealkylation sites (tertiary alicyclic amines) is 1. The van der Waals surface area contributed by atoms with Gasteiger partial charge in [-0.3, -0.25) is 4.90 Å². The molecule has 1 aliphatic heterocycles. The van der Waals surface area contributed by atoms with Crippen molar-refractivity contribution >= 4 is 5.69 Å². The Morgan fingerprint density at radius 1 is 1.11 bits per heavy atom. The Morgan fingerprint density at radius 2 is 1.89 bits per heavy atom. The van der Waals surface area contributed by atoms with Gasteiger partial charge in [-0.05, 0) is 78.3 Å². The van der Waals surface area contributed by atoms with E-state index in [2.05, 4.69) is 79.2 Å². The maximum absolute atomic E-state index is 2.84. The molecule has 2 aliphatic carbocycles. The van der Waals surface area contributed by atoms with Crippen molar-refractivity contribution in [3.8, 4) is 0 Å². The van der Waals surface area contributed by atoms with Crippen LogP contribution in [0.5, 0.6) is 0 Å². The molecule has 28 heavy (non-hydrogen) atoms. The van der Waals surface area contributed by atoms with Gasteiger partial charge in [0.15, 0.2) is 0 Å². The Kier molecular flexibility index (Phi) is 4.50. The summed E-state index contributed by atoms with van der Waals surface area (Å²) < 4.78 is 0. The second-order valence-corrected chi connectivity index (χ2v) is 9.85. The minimum Gasteiger partial charge on any atom is -0.370 e. The van der Waals surface area contributed by atoms with Gasteiger partial charge in [0.25, 0.3) is 0 Å². The number of piperidine rings is 1. The number of nitrogens with zero attached hydrogens (tertiary/aromatic N) is 2. The molecule has 0 aromatic heterocycles. The molecule has 0 N–H and O–H groups in total. The van der Waals surface area contributed by atoms with Gasteiger partial charge in [-0.25, -0.2) is 0 Å². The predicted molar refractivity (Wildman–Crippen MR) is 118 cm³/mol. The van der Waals surface area contributed by atoms with Gasteiger partial charge in [0.05, 0.1) is 0 Å². The lowest BCUT2D eigenvalue weighted by atomic mass is 9.59. The van der Waals surface area contributed by atoms with Gasteiger partial charge in [0.1, 0.15) is 0 Å². The van der Waals surface area contributed by atoms with E-state index in [9.17, 15) is 0 Å². The third-order valence-electron chi connectivity index (χ3n) is 8.00. The number of hydrogen-bond donors (Lipinski definition) is 0. The Balaban J connectivity index is 1.42. The van der Waals surface area contributed by atoms with Crippen LogP contribution in [0, 0.1) is 11.8 Å². The lowest BCUT2D eigenvalue weighted by Gasteiger charge is -2.55. The Morgan fingerprint density at radius 3 is 2.64 bits per heavy atom. The molecule has 0 amide bonds. The van der Waals surface area contributed by atoms with E-state index in [0.717, 1.165) is 24.4 Å². The van der Waals surface area contributed by atoms with Crippen LogP contribution in [0.15, 0.2) is 48.5 Å². The molecule has 0 unspecified atom stereocenters. The molecular weight excluding hydrogens is 340 g/mol. The topological polar surface area (TPSA) is 6.48 Å². The van der Waals surface area contributed by atoms with Crippen LogP contribution in [0.2, 0.25) is 0 Å². The van der Waals surface area contributed by atoms with Crippen LogP contribution < -0.4 is 4.90 Å². The summed E-state index contributed by atoms with van der Waals surface area (Å²) in [5, 5.41) is 0. The molecular formula is C26H34N2. The zero-order chi connectivity index (χ0) is 19.3. The SMILES string of the molecule is C[C@@H]1[C@@H]2Cc3ccc(N(C)Cc4ccccc4)cc3[C@@]1(C)CCN2CC1CC1. The molecule has 1 heterocycles. The summed E-state index contributed by atoms with van der Waals surface area (Å²) in [5.41, 5.74) is 6.27. The molecule has 1 saturated heterocycles. The van der Waals surface area contributed by atoms with Crippen molar-refractivity contribution in [3.63, 3.8) is 0 Å². The fraction of sp³-hybridized carbons (Fsp3) is 0.538. The van der Waals surface area contributed by atoms with Crippen molar-refractivity contribution < 1.29 is 0 Å². The van der Waals surface area contributed by atoms with Crippen molar-refractivity contribution in [1.82, 2.24) is 4.90 Å². The normalized spacial score (nSPS) is 29.4. The van der Waals surface area contributed by atoms with Crippen molar-refractivity contribution in [3.05, 3.63) is 65.2 Å². The predicted octanol–water partition coefficient (Wildman–Crippen LogP) is 5.26. The minimum atomic E-state index is 0.321. The van der Waals surface area contributed by atoms with Crippen LogP contribution in [0.1, 0.15) is 49.8 Å². The second kappa shape index (κ2) is 6.91. The molecule has 2 fully saturated rings. The molecule has 0 spiro atoms. The first kappa shape index (κ1) is 18.2. The van der Waals surface area contributed by atoms with Crippen LogP contribution in [0.25, 0.3) is 0 Å². The average Bonchev–Trinajstić information content (AvgIpc) is 3.52. The van der Waals surface area contributed by atoms with Crippen LogP contribution in [-0.2, 0) is 18.4 Å². The summed E-state index contributed by atoms with van der Waals surface area (Å²) >= 11 is 0. The lowest BCUT2D eigenvalue weighted by Crippen LogP contribution is -2.58. The van der Waals surface area contributed by atoms with E-state index >= 15 is 0 Å². The Bertz CT molecular complexity index is 841. The fourth-order valence-electron chi connectivity index (χ4n) is 5.74. The van der Waals surface area contributed by atoms with E-state index in [1.165, 1.54) is 50.0 Å². The molecule has 148 valence electrons. The van der Waals surface area contributed by atoms with Crippen molar-refractivity contribution in [2.24, 2.45) is 11.8 Å². The molecule has 2 aromatic carbocycles. The minimum absolute atomic E-state index is 0.321. The molecule has 2 nitrogen and oxygen atoms in total. The van der Waals surface area contributed by atoms with Gasteiger partial charge in [0, 0.05) is 31.9 Å². The highest BCUT2D eigenvalue weighted by atomic mass is 15.2. The van der Waals surface area contributed by atoms with Gasteiger partial charge in [-0.2, -0.15) is 0 Å². The highest BCUT2D eigenvalue weighted by Crippen LogP contribution is 2.50. The maximum atomic E-state index is 2.84. The van der Waals surface area contributed by atoms with Crippen LogP contribution in [0.4, 0.5) is 5.69 Å². The molecule has 3 atom stereocenters. The summed E-state index contributed by atoms with van der Waals surface area (Å²) in [4.78, 5) is 5.24. The first-order chi connectivity index (χ1) is 13.5. The average molecular weight is 375 g/mol. The number of hydrogen-bond acceptors (Lipinski definition) is 2. The molecule has 2 aromatic rings. The summed E-state index contributed by atoms with van der Waals surface area (Å²) in [6, 6.07) is 18.8. The summed E-state index contributed by atoms with van der Waals surface area (Å²) in [5.74, 6) is 1.73. The van der Waals surface area contributed by atoms with E-state index in [1.807, 2.05) is 0 Å². The highest BCUT2D eigenvalue weighted by molar-refractivity contribution is 5.54. The van der Waals surface area contributed by atoms with Crippen LogP contribution in [-0.4, -0.2) is 31.1 Å². The molecule has 3 aliphatic rings. The van der Waals surface area contributed by atoms with Crippen LogP contribution >= 0.6 is 0 Å². The zero-order valence-corrected chi connectivity index (χ0v) is 17.7. The van der Waals surface area contributed by atoms with E-state index in [0.29, 0.717) is 5.41 Å². The van der Waals surface area contributed by atoms with Crippen molar-refractivity contribution in [2.75, 3.05) is 25.0 Å². The molecule has 2 bridgehead atoms. The molecule has 0 radical (unpaired) electrons. The summed E-state index contributed by atoms with van der Waals surface area (Å²) in [6.07, 6.45) is 5.46. The Hall–Kier alpha value is -1.80. The smallest absolute Gasteiger partial charge is 0.0426 e. The van der Waals surface area contributed by atoms with Crippen LogP contribution in [0.3, 0.4) is 0 Å². The monoisotopic (exact) mass is 374 g/mol. The fourth-order valence-corrected chi connectivity index (χ4v) is 5.74. The maximum Gasteiger partial charge on any atom is 0.0426 e. The van der Waals surface area contributed by atoms with E-state index in [1.54, 1.807) is 11.1 Å². The first-order valence-corrected chi connectivity index (χ1v) is 11.2. The van der Waals surface area contributed by atoms with E-state index < -0.39 is 0 Å². The standard InChI is InChI=1S/C26H34N2/c1-19-25-15-22-11-12-23(27(3)17-20-7-5-4-6-8-20)16-24(22)26(19,2)13-14-28(25)18-21-9-10-21/h4-8,11-12,16,19,21,25H,9-10,13-15,17-18H2,1-3H3/t19-,25+,26+/m1/s1. The molecule has 2 heteroatoms. The van der Waals surface area contributed by atoms with Gasteiger partial charge >= 0.3 is 0 Å². The number of rotatable bonds is 5. The first-order valence-electron chi connectivity index (χ1n) is 11.2.